The van der Waals surface area contributed by atoms with Crippen LogP contribution in [0.25, 0.3) is 0 Å². The van der Waals surface area contributed by atoms with Crippen LogP contribution in [0.5, 0.6) is 5.75 Å². The number of ether oxygens (including phenoxy) is 2. The van der Waals surface area contributed by atoms with Crippen LogP contribution in [0, 0.1) is 10.1 Å². The first-order chi connectivity index (χ1) is 10.1. The van der Waals surface area contributed by atoms with E-state index in [0.717, 1.165) is 19.4 Å². The van der Waals surface area contributed by atoms with E-state index < -0.39 is 4.92 Å². The van der Waals surface area contributed by atoms with Crippen LogP contribution in [0.15, 0.2) is 18.2 Å². The number of non-ortho nitro benzene ring substituents is 1. The van der Waals surface area contributed by atoms with E-state index in [0.29, 0.717) is 23.1 Å². The van der Waals surface area contributed by atoms with Crippen molar-refractivity contribution in [2.24, 2.45) is 0 Å². The number of rotatable bonds is 5. The molecule has 21 heavy (non-hydrogen) atoms. The van der Waals surface area contributed by atoms with E-state index in [1.807, 2.05) is 0 Å². The minimum Gasteiger partial charge on any atom is -0.494 e. The molecule has 0 aliphatic carbocycles. The molecule has 1 aliphatic rings. The molecule has 1 atom stereocenters. The van der Waals surface area contributed by atoms with E-state index in [1.165, 1.54) is 19.2 Å². The van der Waals surface area contributed by atoms with Gasteiger partial charge in [0.25, 0.3) is 5.69 Å². The van der Waals surface area contributed by atoms with Crippen molar-refractivity contribution in [1.82, 2.24) is 5.32 Å². The van der Waals surface area contributed by atoms with Crippen molar-refractivity contribution >= 4 is 28.7 Å². The highest BCUT2D eigenvalue weighted by Crippen LogP contribution is 2.28. The number of nitro groups is 1. The summed E-state index contributed by atoms with van der Waals surface area (Å²) in [6.07, 6.45) is 2.28. The largest absolute Gasteiger partial charge is 0.494 e. The molecule has 0 aromatic heterocycles. The molecule has 8 heteroatoms. The van der Waals surface area contributed by atoms with Gasteiger partial charge in [-0.25, -0.2) is 0 Å². The van der Waals surface area contributed by atoms with Gasteiger partial charge in [-0.2, -0.15) is 0 Å². The number of thiocarbonyl (C=S) groups is 1. The lowest BCUT2D eigenvalue weighted by atomic mass is 10.2. The molecule has 7 nitrogen and oxygen atoms in total. The highest BCUT2D eigenvalue weighted by atomic mass is 32.1. The molecule has 0 radical (unpaired) electrons. The Morgan fingerprint density at radius 2 is 2.43 bits per heavy atom. The molecule has 1 aromatic carbocycles. The van der Waals surface area contributed by atoms with Crippen molar-refractivity contribution in [3.8, 4) is 5.75 Å². The van der Waals surface area contributed by atoms with Crippen LogP contribution >= 0.6 is 12.2 Å². The van der Waals surface area contributed by atoms with Crippen LogP contribution in [0.2, 0.25) is 0 Å². The summed E-state index contributed by atoms with van der Waals surface area (Å²) in [5.74, 6) is 0.366. The second-order valence-electron chi connectivity index (χ2n) is 4.61. The van der Waals surface area contributed by atoms with Crippen LogP contribution in [-0.2, 0) is 4.74 Å². The number of hydrogen-bond acceptors (Lipinski definition) is 5. The maximum absolute atomic E-state index is 10.7. The molecule has 1 aliphatic heterocycles. The Morgan fingerprint density at radius 1 is 1.62 bits per heavy atom. The molecule has 1 unspecified atom stereocenters. The Bertz CT molecular complexity index is 532. The van der Waals surface area contributed by atoms with Gasteiger partial charge in [-0.1, -0.05) is 0 Å². The van der Waals surface area contributed by atoms with Gasteiger partial charge in [-0.15, -0.1) is 0 Å². The quantitative estimate of drug-likeness (QED) is 0.489. The summed E-state index contributed by atoms with van der Waals surface area (Å²) in [5.41, 5.74) is 0.545. The average molecular weight is 311 g/mol. The number of hydrogen-bond donors (Lipinski definition) is 2. The summed E-state index contributed by atoms with van der Waals surface area (Å²) in [6, 6.07) is 4.32. The second-order valence-corrected chi connectivity index (χ2v) is 5.02. The zero-order valence-electron chi connectivity index (χ0n) is 11.6. The minimum atomic E-state index is -0.472. The highest BCUT2D eigenvalue weighted by Gasteiger charge is 2.16. The fourth-order valence-electron chi connectivity index (χ4n) is 2.08. The molecule has 1 heterocycles. The van der Waals surface area contributed by atoms with E-state index in [1.54, 1.807) is 6.07 Å². The SMILES string of the molecule is COc1cc([N+](=O)[O-])ccc1NC(=S)NCC1CCCO1. The Labute approximate surface area is 127 Å². The zero-order valence-corrected chi connectivity index (χ0v) is 12.4. The molecule has 114 valence electrons. The van der Waals surface area contributed by atoms with Crippen molar-refractivity contribution < 1.29 is 14.4 Å². The summed E-state index contributed by atoms with van der Waals surface area (Å²) >= 11 is 5.20. The predicted octanol–water partition coefficient (Wildman–Crippen LogP) is 2.07. The van der Waals surface area contributed by atoms with Gasteiger partial charge in [0.2, 0.25) is 0 Å². The maximum atomic E-state index is 10.7. The van der Waals surface area contributed by atoms with E-state index in [2.05, 4.69) is 10.6 Å². The molecule has 2 rings (SSSR count). The Hall–Kier alpha value is -1.93. The lowest BCUT2D eigenvalue weighted by Gasteiger charge is -2.15. The first-order valence-corrected chi connectivity index (χ1v) is 7.00. The summed E-state index contributed by atoms with van der Waals surface area (Å²) in [6.45, 7) is 1.43. The molecule has 2 N–H and O–H groups in total. The fourth-order valence-corrected chi connectivity index (χ4v) is 2.27. The predicted molar refractivity (Wildman–Crippen MR) is 82.8 cm³/mol. The first-order valence-electron chi connectivity index (χ1n) is 6.59. The molecule has 1 saturated heterocycles. The monoisotopic (exact) mass is 311 g/mol. The van der Waals surface area contributed by atoms with E-state index >= 15 is 0 Å². The minimum absolute atomic E-state index is 0.0318. The number of benzene rings is 1. The first kappa shape index (κ1) is 15.5. The van der Waals surface area contributed by atoms with Crippen LogP contribution in [0.3, 0.4) is 0 Å². The van der Waals surface area contributed by atoms with Gasteiger partial charge >= 0.3 is 0 Å². The molecule has 1 fully saturated rings. The van der Waals surface area contributed by atoms with Crippen LogP contribution in [0.4, 0.5) is 11.4 Å². The standard InChI is InChI=1S/C13H17N3O4S/c1-19-12-7-9(16(17)18)4-5-11(12)15-13(21)14-8-10-3-2-6-20-10/h4-5,7,10H,2-3,6,8H2,1H3,(H2,14,15,21). The van der Waals surface area contributed by atoms with Gasteiger partial charge in [0.15, 0.2) is 5.11 Å². The smallest absolute Gasteiger partial charge is 0.273 e. The number of anilines is 1. The van der Waals surface area contributed by atoms with Gasteiger partial charge in [-0.3, -0.25) is 10.1 Å². The number of nitrogens with zero attached hydrogens (tertiary/aromatic N) is 1. The normalized spacial score (nSPS) is 17.3. The second kappa shape index (κ2) is 7.19. The number of methoxy groups -OCH3 is 1. The van der Waals surface area contributed by atoms with Gasteiger partial charge in [0.1, 0.15) is 5.75 Å². The summed E-state index contributed by atoms with van der Waals surface area (Å²) in [4.78, 5) is 10.3. The van der Waals surface area contributed by atoms with Gasteiger partial charge < -0.3 is 20.1 Å². The lowest BCUT2D eigenvalue weighted by Crippen LogP contribution is -2.34. The van der Waals surface area contributed by atoms with Gasteiger partial charge in [0.05, 0.1) is 29.9 Å². The Kier molecular flexibility index (Phi) is 5.29. The molecule has 0 spiro atoms. The number of nitrogens with one attached hydrogen (secondary N) is 2. The van der Waals surface area contributed by atoms with Crippen molar-refractivity contribution in [2.75, 3.05) is 25.6 Å². The zero-order chi connectivity index (χ0) is 15.2. The molecule has 1 aromatic rings. The van der Waals surface area contributed by atoms with Gasteiger partial charge in [0, 0.05) is 19.2 Å². The highest BCUT2D eigenvalue weighted by molar-refractivity contribution is 7.80. The maximum Gasteiger partial charge on any atom is 0.273 e. The molecular formula is C13H17N3O4S. The topological polar surface area (TPSA) is 85.7 Å². The molecule has 0 bridgehead atoms. The summed E-state index contributed by atoms with van der Waals surface area (Å²) < 4.78 is 10.6. The van der Waals surface area contributed by atoms with Crippen LogP contribution in [-0.4, -0.2) is 36.4 Å². The fraction of sp³-hybridized carbons (Fsp3) is 0.462. The Morgan fingerprint density at radius 3 is 3.05 bits per heavy atom. The molecule has 0 amide bonds. The van der Waals surface area contributed by atoms with Crippen molar-refractivity contribution in [3.05, 3.63) is 28.3 Å². The lowest BCUT2D eigenvalue weighted by molar-refractivity contribution is -0.384. The van der Waals surface area contributed by atoms with Crippen molar-refractivity contribution in [3.63, 3.8) is 0 Å². The van der Waals surface area contributed by atoms with Crippen molar-refractivity contribution in [2.45, 2.75) is 18.9 Å². The third-order valence-electron chi connectivity index (χ3n) is 3.16. The Balaban J connectivity index is 1.94. The summed E-state index contributed by atoms with van der Waals surface area (Å²) in [5, 5.41) is 17.2. The van der Waals surface area contributed by atoms with E-state index in [-0.39, 0.29) is 11.8 Å². The van der Waals surface area contributed by atoms with Crippen LogP contribution < -0.4 is 15.4 Å². The third-order valence-corrected chi connectivity index (χ3v) is 3.40. The van der Waals surface area contributed by atoms with Crippen molar-refractivity contribution in [1.29, 1.82) is 0 Å². The summed E-state index contributed by atoms with van der Waals surface area (Å²) in [7, 11) is 1.45. The van der Waals surface area contributed by atoms with E-state index in [9.17, 15) is 10.1 Å². The van der Waals surface area contributed by atoms with Gasteiger partial charge in [-0.05, 0) is 31.1 Å². The molecule has 0 saturated carbocycles. The number of nitro benzene ring substituents is 1. The van der Waals surface area contributed by atoms with Crippen LogP contribution in [0.1, 0.15) is 12.8 Å². The van der Waals surface area contributed by atoms with E-state index in [4.69, 9.17) is 21.7 Å². The third kappa shape index (κ3) is 4.27. The average Bonchev–Trinajstić information content (AvgIpc) is 2.98. The molecular weight excluding hydrogens is 294 g/mol.